The smallest absolute Gasteiger partial charge is 0.246 e. The normalized spacial score (nSPS) is 14.3. The number of hydrogen-bond donors (Lipinski definition) is 1. The molecule has 0 radical (unpaired) electrons. The van der Waals surface area contributed by atoms with Crippen LogP contribution in [0.25, 0.3) is 22.2 Å². The van der Waals surface area contributed by atoms with Crippen LogP contribution in [0, 0.1) is 0 Å². The second kappa shape index (κ2) is 4.72. The molecule has 3 rings (SSSR count). The standard InChI is InChI=1S/C16H17N3O/c1-3-16(2,17)15-18-14(19-20-15)13-10-6-8-11-7-4-5-9-12(11)13/h4-10H,3,17H2,1-2H3. The van der Waals surface area contributed by atoms with Gasteiger partial charge in [0.1, 0.15) is 0 Å². The topological polar surface area (TPSA) is 64.9 Å². The van der Waals surface area contributed by atoms with Crippen LogP contribution < -0.4 is 5.73 Å². The van der Waals surface area contributed by atoms with Gasteiger partial charge in [0.15, 0.2) is 0 Å². The largest absolute Gasteiger partial charge is 0.337 e. The van der Waals surface area contributed by atoms with Crippen LogP contribution in [-0.2, 0) is 5.54 Å². The van der Waals surface area contributed by atoms with Gasteiger partial charge in [0.25, 0.3) is 0 Å². The van der Waals surface area contributed by atoms with E-state index in [1.165, 1.54) is 0 Å². The molecular weight excluding hydrogens is 250 g/mol. The summed E-state index contributed by atoms with van der Waals surface area (Å²) in [5.74, 6) is 1.06. The first-order valence-corrected chi connectivity index (χ1v) is 6.73. The lowest BCUT2D eigenvalue weighted by molar-refractivity contribution is 0.291. The molecule has 1 aromatic heterocycles. The number of aromatic nitrogens is 2. The van der Waals surface area contributed by atoms with Crippen LogP contribution in [0.4, 0.5) is 0 Å². The highest BCUT2D eigenvalue weighted by Crippen LogP contribution is 2.28. The van der Waals surface area contributed by atoms with Gasteiger partial charge in [0, 0.05) is 5.56 Å². The maximum Gasteiger partial charge on any atom is 0.246 e. The maximum absolute atomic E-state index is 6.15. The third kappa shape index (κ3) is 2.08. The molecule has 1 heterocycles. The van der Waals surface area contributed by atoms with E-state index < -0.39 is 5.54 Å². The van der Waals surface area contributed by atoms with Crippen LogP contribution in [0.5, 0.6) is 0 Å². The van der Waals surface area contributed by atoms with Crippen molar-refractivity contribution >= 4 is 10.8 Å². The van der Waals surface area contributed by atoms with Gasteiger partial charge in [-0.05, 0) is 24.1 Å². The molecule has 0 saturated carbocycles. The quantitative estimate of drug-likeness (QED) is 0.789. The molecule has 2 aromatic carbocycles. The highest BCUT2D eigenvalue weighted by Gasteiger charge is 2.26. The van der Waals surface area contributed by atoms with Crippen LogP contribution in [-0.4, -0.2) is 10.1 Å². The first-order valence-electron chi connectivity index (χ1n) is 6.73. The Labute approximate surface area is 117 Å². The van der Waals surface area contributed by atoms with Crippen molar-refractivity contribution in [3.63, 3.8) is 0 Å². The van der Waals surface area contributed by atoms with Gasteiger partial charge in [-0.15, -0.1) is 0 Å². The van der Waals surface area contributed by atoms with E-state index in [1.807, 2.05) is 38.1 Å². The van der Waals surface area contributed by atoms with Crippen molar-refractivity contribution in [2.45, 2.75) is 25.8 Å². The summed E-state index contributed by atoms with van der Waals surface area (Å²) in [6.07, 6.45) is 0.740. The zero-order valence-electron chi connectivity index (χ0n) is 11.6. The molecule has 0 bridgehead atoms. The molecule has 3 aromatic rings. The molecule has 4 heteroatoms. The molecule has 0 aliphatic heterocycles. The molecule has 0 aliphatic carbocycles. The van der Waals surface area contributed by atoms with E-state index in [0.29, 0.717) is 11.7 Å². The maximum atomic E-state index is 6.15. The molecule has 20 heavy (non-hydrogen) atoms. The SMILES string of the molecule is CCC(C)(N)c1nc(-c2cccc3ccccc23)no1. The number of rotatable bonds is 3. The zero-order chi connectivity index (χ0) is 14.2. The molecule has 0 saturated heterocycles. The lowest BCUT2D eigenvalue weighted by Gasteiger charge is -2.16. The molecule has 4 nitrogen and oxygen atoms in total. The summed E-state index contributed by atoms with van der Waals surface area (Å²) in [6, 6.07) is 14.2. The van der Waals surface area contributed by atoms with Crippen molar-refractivity contribution < 1.29 is 4.52 Å². The average Bonchev–Trinajstić information content (AvgIpc) is 2.97. The first kappa shape index (κ1) is 12.8. The predicted octanol–water partition coefficient (Wildman–Crippen LogP) is 3.47. The monoisotopic (exact) mass is 267 g/mol. The molecule has 0 aliphatic rings. The van der Waals surface area contributed by atoms with E-state index in [2.05, 4.69) is 28.3 Å². The number of nitrogens with two attached hydrogens (primary N) is 1. The number of benzene rings is 2. The zero-order valence-corrected chi connectivity index (χ0v) is 11.6. The summed E-state index contributed by atoms with van der Waals surface area (Å²) in [7, 11) is 0. The van der Waals surface area contributed by atoms with E-state index in [0.717, 1.165) is 22.8 Å². The summed E-state index contributed by atoms with van der Waals surface area (Å²) >= 11 is 0. The lowest BCUT2D eigenvalue weighted by Crippen LogP contribution is -2.32. The molecule has 1 atom stereocenters. The molecule has 0 amide bonds. The Balaban J connectivity index is 2.13. The van der Waals surface area contributed by atoms with Gasteiger partial charge in [-0.1, -0.05) is 54.5 Å². The molecule has 0 fully saturated rings. The van der Waals surface area contributed by atoms with Crippen LogP contribution in [0.2, 0.25) is 0 Å². The third-order valence-electron chi connectivity index (χ3n) is 3.68. The van der Waals surface area contributed by atoms with Gasteiger partial charge < -0.3 is 10.3 Å². The Morgan fingerprint density at radius 1 is 1.15 bits per heavy atom. The minimum Gasteiger partial charge on any atom is -0.337 e. The second-order valence-electron chi connectivity index (χ2n) is 5.22. The Kier molecular flexibility index (Phi) is 3.03. The van der Waals surface area contributed by atoms with Crippen molar-refractivity contribution in [2.75, 3.05) is 0 Å². The lowest BCUT2D eigenvalue weighted by atomic mass is 10.0. The Hall–Kier alpha value is -2.20. The van der Waals surface area contributed by atoms with E-state index in [-0.39, 0.29) is 0 Å². The summed E-state index contributed by atoms with van der Waals surface area (Å²) < 4.78 is 5.34. The highest BCUT2D eigenvalue weighted by molar-refractivity contribution is 5.94. The van der Waals surface area contributed by atoms with Gasteiger partial charge >= 0.3 is 0 Å². The van der Waals surface area contributed by atoms with Crippen molar-refractivity contribution in [1.29, 1.82) is 0 Å². The molecular formula is C16H17N3O. The molecule has 1 unspecified atom stereocenters. The number of fused-ring (bicyclic) bond motifs is 1. The van der Waals surface area contributed by atoms with Gasteiger partial charge in [-0.3, -0.25) is 0 Å². The summed E-state index contributed by atoms with van der Waals surface area (Å²) in [5, 5.41) is 6.35. The van der Waals surface area contributed by atoms with Crippen LogP contribution >= 0.6 is 0 Å². The fourth-order valence-corrected chi connectivity index (χ4v) is 2.14. The molecule has 2 N–H and O–H groups in total. The molecule has 102 valence electrons. The van der Waals surface area contributed by atoms with E-state index in [9.17, 15) is 0 Å². The van der Waals surface area contributed by atoms with Crippen molar-refractivity contribution in [3.05, 3.63) is 48.4 Å². The van der Waals surface area contributed by atoms with Gasteiger partial charge in [-0.2, -0.15) is 4.98 Å². The van der Waals surface area contributed by atoms with E-state index in [1.54, 1.807) is 0 Å². The van der Waals surface area contributed by atoms with Crippen molar-refractivity contribution in [1.82, 2.24) is 10.1 Å². The van der Waals surface area contributed by atoms with Gasteiger partial charge in [0.05, 0.1) is 5.54 Å². The fraction of sp³-hybridized carbons (Fsp3) is 0.250. The summed E-state index contributed by atoms with van der Waals surface area (Å²) in [5.41, 5.74) is 6.52. The minimum absolute atomic E-state index is 0.475. The number of hydrogen-bond acceptors (Lipinski definition) is 4. The summed E-state index contributed by atoms with van der Waals surface area (Å²) in [4.78, 5) is 4.47. The van der Waals surface area contributed by atoms with Crippen LogP contribution in [0.1, 0.15) is 26.2 Å². The van der Waals surface area contributed by atoms with Gasteiger partial charge in [0.2, 0.25) is 11.7 Å². The summed E-state index contributed by atoms with van der Waals surface area (Å²) in [6.45, 7) is 3.90. The Morgan fingerprint density at radius 2 is 1.90 bits per heavy atom. The minimum atomic E-state index is -0.587. The van der Waals surface area contributed by atoms with Gasteiger partial charge in [-0.25, -0.2) is 0 Å². The predicted molar refractivity (Wildman–Crippen MR) is 79.1 cm³/mol. The fourth-order valence-electron chi connectivity index (χ4n) is 2.14. The second-order valence-corrected chi connectivity index (χ2v) is 5.22. The Bertz CT molecular complexity index is 741. The molecule has 0 spiro atoms. The third-order valence-corrected chi connectivity index (χ3v) is 3.68. The first-order chi connectivity index (χ1) is 9.62. The van der Waals surface area contributed by atoms with E-state index in [4.69, 9.17) is 10.3 Å². The van der Waals surface area contributed by atoms with Crippen molar-refractivity contribution in [2.24, 2.45) is 5.73 Å². The van der Waals surface area contributed by atoms with Crippen LogP contribution in [0.3, 0.4) is 0 Å². The van der Waals surface area contributed by atoms with Crippen LogP contribution in [0.15, 0.2) is 47.0 Å². The Morgan fingerprint density at radius 3 is 2.70 bits per heavy atom. The average molecular weight is 267 g/mol. The number of nitrogens with zero attached hydrogens (tertiary/aromatic N) is 2. The van der Waals surface area contributed by atoms with Crippen molar-refractivity contribution in [3.8, 4) is 11.4 Å². The highest BCUT2D eigenvalue weighted by atomic mass is 16.5. The van der Waals surface area contributed by atoms with E-state index >= 15 is 0 Å².